The van der Waals surface area contributed by atoms with Crippen LogP contribution in [0.4, 0.5) is 5.69 Å². The van der Waals surface area contributed by atoms with E-state index < -0.39 is 5.97 Å². The van der Waals surface area contributed by atoms with Crippen LogP contribution in [-0.4, -0.2) is 25.1 Å². The van der Waals surface area contributed by atoms with Gasteiger partial charge >= 0.3 is 5.97 Å². The lowest BCUT2D eigenvalue weighted by molar-refractivity contribution is -0.149. The number of anilines is 1. The third-order valence-corrected chi connectivity index (χ3v) is 3.61. The lowest BCUT2D eigenvalue weighted by atomic mass is 10.1. The molecule has 0 heterocycles. The van der Waals surface area contributed by atoms with Gasteiger partial charge < -0.3 is 14.8 Å². The molecule has 0 bridgehead atoms. The number of hydrogen-bond acceptors (Lipinski definition) is 4. The van der Waals surface area contributed by atoms with Crippen LogP contribution in [0.5, 0.6) is 5.75 Å². The van der Waals surface area contributed by atoms with Crippen LogP contribution in [0.15, 0.2) is 36.4 Å². The molecule has 132 valence electrons. The molecule has 0 aliphatic rings. The molecule has 0 saturated heterocycles. The fraction of sp³-hybridized carbons (Fsp3) is 0.300. The zero-order valence-corrected chi connectivity index (χ0v) is 15.0. The molecule has 1 N–H and O–H groups in total. The van der Waals surface area contributed by atoms with Crippen LogP contribution in [0.1, 0.15) is 22.3 Å². The highest BCUT2D eigenvalue weighted by atomic mass is 16.6. The molecule has 2 rings (SSSR count). The summed E-state index contributed by atoms with van der Waals surface area (Å²) in [7, 11) is 0. The van der Waals surface area contributed by atoms with E-state index in [9.17, 15) is 9.59 Å². The van der Waals surface area contributed by atoms with Crippen LogP contribution in [-0.2, 0) is 14.3 Å². The molecule has 0 spiro atoms. The van der Waals surface area contributed by atoms with Gasteiger partial charge in [-0.1, -0.05) is 24.3 Å². The van der Waals surface area contributed by atoms with Gasteiger partial charge in [-0.3, -0.25) is 4.79 Å². The summed E-state index contributed by atoms with van der Waals surface area (Å²) in [5.74, 6) is -0.303. The number of benzene rings is 2. The molecular formula is C20H23NO4. The monoisotopic (exact) mass is 341 g/mol. The van der Waals surface area contributed by atoms with E-state index in [1.807, 2.05) is 64.1 Å². The Morgan fingerprint density at radius 2 is 1.52 bits per heavy atom. The molecule has 5 nitrogen and oxygen atoms in total. The summed E-state index contributed by atoms with van der Waals surface area (Å²) in [6.07, 6.45) is 0. The largest absolute Gasteiger partial charge is 0.481 e. The first-order valence-electron chi connectivity index (χ1n) is 8.08. The number of amides is 1. The Morgan fingerprint density at radius 3 is 2.12 bits per heavy atom. The van der Waals surface area contributed by atoms with Gasteiger partial charge in [-0.25, -0.2) is 4.79 Å². The zero-order chi connectivity index (χ0) is 18.4. The molecule has 1 amide bonds. The second-order valence-electron chi connectivity index (χ2n) is 6.09. The first kappa shape index (κ1) is 18.5. The van der Waals surface area contributed by atoms with Crippen LogP contribution in [0, 0.1) is 27.7 Å². The summed E-state index contributed by atoms with van der Waals surface area (Å²) in [6.45, 7) is 7.14. The van der Waals surface area contributed by atoms with Gasteiger partial charge in [0.1, 0.15) is 5.75 Å². The summed E-state index contributed by atoms with van der Waals surface area (Å²) in [4.78, 5) is 23.7. The normalized spacial score (nSPS) is 10.2. The number of carbonyl (C=O) groups excluding carboxylic acids is 2. The van der Waals surface area contributed by atoms with Gasteiger partial charge in [0.2, 0.25) is 0 Å². The van der Waals surface area contributed by atoms with Crippen LogP contribution in [0.2, 0.25) is 0 Å². The average molecular weight is 341 g/mol. The van der Waals surface area contributed by atoms with Gasteiger partial charge in [0.05, 0.1) is 0 Å². The summed E-state index contributed by atoms with van der Waals surface area (Å²) in [5, 5.41) is 2.71. The van der Waals surface area contributed by atoms with Gasteiger partial charge in [0, 0.05) is 5.69 Å². The topological polar surface area (TPSA) is 64.6 Å². The Bertz CT molecular complexity index is 743. The molecule has 2 aromatic carbocycles. The number of para-hydroxylation sites is 1. The van der Waals surface area contributed by atoms with Crippen molar-refractivity contribution in [3.63, 3.8) is 0 Å². The Morgan fingerprint density at radius 1 is 0.920 bits per heavy atom. The van der Waals surface area contributed by atoms with Crippen LogP contribution in [0.3, 0.4) is 0 Å². The molecule has 0 atom stereocenters. The summed E-state index contributed by atoms with van der Waals surface area (Å²) in [5.41, 5.74) is 4.68. The molecule has 25 heavy (non-hydrogen) atoms. The van der Waals surface area contributed by atoms with E-state index in [-0.39, 0.29) is 19.1 Å². The Labute approximate surface area is 148 Å². The van der Waals surface area contributed by atoms with E-state index in [1.54, 1.807) is 0 Å². The predicted octanol–water partition coefficient (Wildman–Crippen LogP) is 3.48. The summed E-state index contributed by atoms with van der Waals surface area (Å²) in [6, 6.07) is 11.5. The molecule has 2 aromatic rings. The fourth-order valence-electron chi connectivity index (χ4n) is 2.59. The first-order valence-corrected chi connectivity index (χ1v) is 8.08. The number of nitrogens with one attached hydrogen (secondary N) is 1. The van der Waals surface area contributed by atoms with Gasteiger partial charge in [0.25, 0.3) is 5.91 Å². The number of esters is 1. The highest BCUT2D eigenvalue weighted by molar-refractivity contribution is 5.93. The van der Waals surface area contributed by atoms with Crippen LogP contribution in [0.25, 0.3) is 0 Å². The van der Waals surface area contributed by atoms with Crippen molar-refractivity contribution in [1.29, 1.82) is 0 Å². The summed E-state index contributed by atoms with van der Waals surface area (Å²) < 4.78 is 10.5. The van der Waals surface area contributed by atoms with E-state index in [4.69, 9.17) is 9.47 Å². The van der Waals surface area contributed by atoms with Crippen molar-refractivity contribution < 1.29 is 19.1 Å². The maximum atomic E-state index is 11.9. The van der Waals surface area contributed by atoms with Crippen LogP contribution < -0.4 is 10.1 Å². The second-order valence-corrected chi connectivity index (χ2v) is 6.09. The molecule has 0 aromatic heterocycles. The van der Waals surface area contributed by atoms with Crippen molar-refractivity contribution in [3.8, 4) is 5.75 Å². The van der Waals surface area contributed by atoms with Crippen molar-refractivity contribution in [2.75, 3.05) is 18.5 Å². The quantitative estimate of drug-likeness (QED) is 0.817. The minimum atomic E-state index is -0.585. The highest BCUT2D eigenvalue weighted by Gasteiger charge is 2.11. The summed E-state index contributed by atoms with van der Waals surface area (Å²) >= 11 is 0. The smallest absolute Gasteiger partial charge is 0.344 e. The number of aryl methyl sites for hydroxylation is 4. The number of rotatable bonds is 6. The molecule has 0 unspecified atom stereocenters. The average Bonchev–Trinajstić information content (AvgIpc) is 2.51. The molecule has 0 aliphatic carbocycles. The van der Waals surface area contributed by atoms with Crippen molar-refractivity contribution in [1.82, 2.24) is 0 Å². The van der Waals surface area contributed by atoms with Crippen molar-refractivity contribution >= 4 is 17.6 Å². The molecule has 0 radical (unpaired) electrons. The third-order valence-electron chi connectivity index (χ3n) is 3.61. The molecule has 0 aliphatic heterocycles. The van der Waals surface area contributed by atoms with Gasteiger partial charge in [-0.05, 0) is 62.1 Å². The Kier molecular flexibility index (Phi) is 6.17. The standard InChI is InChI=1S/C20H23NO4/c1-13-8-14(2)10-17(9-13)21-18(22)11-24-19(23)12-25-20-15(3)6-5-7-16(20)4/h5-10H,11-12H2,1-4H3,(H,21,22). The molecule has 0 saturated carbocycles. The maximum Gasteiger partial charge on any atom is 0.344 e. The predicted molar refractivity (Wildman–Crippen MR) is 96.9 cm³/mol. The second kappa shape index (κ2) is 8.33. The lowest BCUT2D eigenvalue weighted by Gasteiger charge is -2.12. The van der Waals surface area contributed by atoms with Crippen molar-refractivity contribution in [2.24, 2.45) is 0 Å². The van der Waals surface area contributed by atoms with Gasteiger partial charge in [-0.15, -0.1) is 0 Å². The van der Waals surface area contributed by atoms with E-state index in [0.29, 0.717) is 11.4 Å². The lowest BCUT2D eigenvalue weighted by Crippen LogP contribution is -2.24. The van der Waals surface area contributed by atoms with E-state index in [0.717, 1.165) is 22.3 Å². The minimum Gasteiger partial charge on any atom is -0.481 e. The molecule has 5 heteroatoms. The third kappa shape index (κ3) is 5.64. The number of ether oxygens (including phenoxy) is 2. The fourth-order valence-corrected chi connectivity index (χ4v) is 2.59. The zero-order valence-electron chi connectivity index (χ0n) is 15.0. The first-order chi connectivity index (χ1) is 11.8. The van der Waals surface area contributed by atoms with Crippen molar-refractivity contribution in [3.05, 3.63) is 58.7 Å². The minimum absolute atomic E-state index is 0.234. The SMILES string of the molecule is Cc1cc(C)cc(NC(=O)COC(=O)COc2c(C)cccc2C)c1. The van der Waals surface area contributed by atoms with E-state index >= 15 is 0 Å². The molecule has 0 fully saturated rings. The van der Waals surface area contributed by atoms with E-state index in [1.165, 1.54) is 0 Å². The highest BCUT2D eigenvalue weighted by Crippen LogP contribution is 2.22. The van der Waals surface area contributed by atoms with Gasteiger partial charge in [-0.2, -0.15) is 0 Å². The number of carbonyl (C=O) groups is 2. The molecular weight excluding hydrogens is 318 g/mol. The van der Waals surface area contributed by atoms with E-state index in [2.05, 4.69) is 5.32 Å². The van der Waals surface area contributed by atoms with Crippen molar-refractivity contribution in [2.45, 2.75) is 27.7 Å². The maximum absolute atomic E-state index is 11.9. The van der Waals surface area contributed by atoms with Gasteiger partial charge in [0.15, 0.2) is 13.2 Å². The number of hydrogen-bond donors (Lipinski definition) is 1. The Balaban J connectivity index is 1.80. The Hall–Kier alpha value is -2.82. The van der Waals surface area contributed by atoms with Crippen LogP contribution >= 0.6 is 0 Å².